The number of nitrogens with two attached hydrogens (primary N) is 1. The highest BCUT2D eigenvalue weighted by molar-refractivity contribution is 7.85. The quantitative estimate of drug-likeness (QED) is 0.612. The molecule has 0 amide bonds. The maximum absolute atomic E-state index is 10.4. The van der Waals surface area contributed by atoms with Gasteiger partial charge in [0, 0.05) is 31.6 Å². The number of aryl methyl sites for hydroxylation is 2. The molecule has 144 valence electrons. The zero-order valence-corrected chi connectivity index (χ0v) is 16.5. The fourth-order valence-electron chi connectivity index (χ4n) is 2.23. The Morgan fingerprint density at radius 3 is 2.19 bits per heavy atom. The van der Waals surface area contributed by atoms with Crippen LogP contribution in [-0.2, 0) is 14.9 Å². The molecule has 0 saturated heterocycles. The molecule has 6 nitrogen and oxygen atoms in total. The summed E-state index contributed by atoms with van der Waals surface area (Å²) in [5, 5.41) is 0. The van der Waals surface area contributed by atoms with Gasteiger partial charge in [0.2, 0.25) is 0 Å². The summed E-state index contributed by atoms with van der Waals surface area (Å²) in [5.41, 5.74) is 9.90. The van der Waals surface area contributed by atoms with Crippen molar-refractivity contribution in [2.24, 2.45) is 0 Å². The molecular weight excluding hydrogens is 352 g/mol. The van der Waals surface area contributed by atoms with Crippen LogP contribution in [0, 0.1) is 13.8 Å². The molecule has 0 aliphatic heterocycles. The van der Waals surface area contributed by atoms with Gasteiger partial charge in [-0.15, -0.1) is 0 Å². The summed E-state index contributed by atoms with van der Waals surface area (Å²) >= 11 is 0. The lowest BCUT2D eigenvalue weighted by Crippen LogP contribution is -2.26. The fourth-order valence-corrected chi connectivity index (χ4v) is 2.70. The lowest BCUT2D eigenvalue weighted by atomic mass is 10.1. The Kier molecular flexibility index (Phi) is 8.57. The van der Waals surface area contributed by atoms with Crippen molar-refractivity contribution >= 4 is 21.5 Å². The molecule has 2 aromatic rings. The minimum Gasteiger partial charge on any atom is -0.744 e. The number of ether oxygens (including phenoxy) is 1. The molecule has 0 saturated carbocycles. The maximum atomic E-state index is 10.4. The smallest absolute Gasteiger partial charge is 0.124 e. The number of nitrogen functional groups attached to an aromatic ring is 1. The lowest BCUT2D eigenvalue weighted by molar-refractivity contribution is 0.205. The predicted molar refractivity (Wildman–Crippen MR) is 104 cm³/mol. The first-order valence-electron chi connectivity index (χ1n) is 8.31. The molecule has 0 spiro atoms. The van der Waals surface area contributed by atoms with Crippen LogP contribution in [0.4, 0.5) is 11.4 Å². The van der Waals surface area contributed by atoms with Crippen molar-refractivity contribution in [3.8, 4) is 0 Å². The van der Waals surface area contributed by atoms with Gasteiger partial charge in [0.05, 0.1) is 11.5 Å². The van der Waals surface area contributed by atoms with Gasteiger partial charge >= 0.3 is 0 Å². The summed E-state index contributed by atoms with van der Waals surface area (Å²) in [6.07, 6.45) is 0. The van der Waals surface area contributed by atoms with Crippen molar-refractivity contribution in [1.29, 1.82) is 0 Å². The summed E-state index contributed by atoms with van der Waals surface area (Å²) in [4.78, 5) is 2.10. The van der Waals surface area contributed by atoms with Gasteiger partial charge in [-0.1, -0.05) is 17.7 Å². The van der Waals surface area contributed by atoms with E-state index in [4.69, 9.17) is 10.5 Å². The van der Waals surface area contributed by atoms with Gasteiger partial charge in [0.15, 0.2) is 0 Å². The van der Waals surface area contributed by atoms with E-state index in [1.54, 1.807) is 19.2 Å². The molecule has 0 radical (unpaired) electrons. The summed E-state index contributed by atoms with van der Waals surface area (Å²) in [6.45, 7) is 8.63. The third kappa shape index (κ3) is 7.03. The predicted octanol–water partition coefficient (Wildman–Crippen LogP) is 2.95. The molecule has 0 aromatic heterocycles. The molecule has 0 bridgehead atoms. The largest absolute Gasteiger partial charge is 0.744 e. The van der Waals surface area contributed by atoms with E-state index in [1.165, 1.54) is 17.8 Å². The van der Waals surface area contributed by atoms with E-state index in [-0.39, 0.29) is 4.90 Å². The van der Waals surface area contributed by atoms with Gasteiger partial charge in [0.1, 0.15) is 10.1 Å². The number of anilines is 2. The second kappa shape index (κ2) is 10.2. The highest BCUT2D eigenvalue weighted by Crippen LogP contribution is 2.20. The molecule has 0 heterocycles. The van der Waals surface area contributed by atoms with E-state index >= 15 is 0 Å². The summed E-state index contributed by atoms with van der Waals surface area (Å²) in [7, 11) is -2.55. The Labute approximate surface area is 156 Å². The molecule has 0 atom stereocenters. The van der Waals surface area contributed by atoms with Crippen molar-refractivity contribution in [3.63, 3.8) is 0 Å². The Hall–Kier alpha value is -2.09. The van der Waals surface area contributed by atoms with E-state index in [0.29, 0.717) is 0 Å². The van der Waals surface area contributed by atoms with E-state index < -0.39 is 10.1 Å². The number of methoxy groups -OCH3 is 1. The Morgan fingerprint density at radius 2 is 1.73 bits per heavy atom. The molecule has 2 rings (SSSR count). The number of benzene rings is 2. The zero-order chi connectivity index (χ0) is 19.7. The van der Waals surface area contributed by atoms with Crippen molar-refractivity contribution in [3.05, 3.63) is 53.6 Å². The standard InChI is InChI=1S/C12H20N2O.C7H8O3S/c1-4-14(7-8-15-3)11-5-6-12(13)10(2)9-11;1-6-2-4-7(5-3-6)11(8,9)10/h5-6,9H,4,7-8,13H2,1-3H3;2-5H,1H3,(H,8,9,10)/p-1. The molecule has 0 aliphatic carbocycles. The zero-order valence-electron chi connectivity index (χ0n) is 15.7. The summed E-state index contributed by atoms with van der Waals surface area (Å²) in [6, 6.07) is 11.9. The van der Waals surface area contributed by atoms with Crippen LogP contribution in [0.25, 0.3) is 0 Å². The first kappa shape index (κ1) is 22.0. The number of rotatable bonds is 6. The molecule has 0 aliphatic rings. The highest BCUT2D eigenvalue weighted by atomic mass is 32.2. The van der Waals surface area contributed by atoms with E-state index in [1.807, 2.05) is 19.9 Å². The average Bonchev–Trinajstić information content (AvgIpc) is 2.59. The van der Waals surface area contributed by atoms with Gasteiger partial charge in [-0.05, 0) is 56.7 Å². The van der Waals surface area contributed by atoms with Crippen molar-refractivity contribution in [2.45, 2.75) is 25.7 Å². The van der Waals surface area contributed by atoms with Crippen LogP contribution in [0.5, 0.6) is 0 Å². The highest BCUT2D eigenvalue weighted by Gasteiger charge is 2.04. The molecule has 0 unspecified atom stereocenters. The summed E-state index contributed by atoms with van der Waals surface area (Å²) < 4.78 is 36.2. The second-order valence-corrected chi connectivity index (χ2v) is 7.26. The van der Waals surface area contributed by atoms with Gasteiger partial charge in [0.25, 0.3) is 0 Å². The van der Waals surface area contributed by atoms with Crippen LogP contribution in [0.3, 0.4) is 0 Å². The van der Waals surface area contributed by atoms with Gasteiger partial charge in [-0.25, -0.2) is 8.42 Å². The molecule has 2 aromatic carbocycles. The Morgan fingerprint density at radius 1 is 1.12 bits per heavy atom. The van der Waals surface area contributed by atoms with E-state index in [9.17, 15) is 13.0 Å². The Balaban J connectivity index is 0.000000273. The van der Waals surface area contributed by atoms with Gasteiger partial charge in [-0.2, -0.15) is 0 Å². The third-order valence-corrected chi connectivity index (χ3v) is 4.72. The molecule has 0 fully saturated rings. The molecule has 26 heavy (non-hydrogen) atoms. The fraction of sp³-hybridized carbons (Fsp3) is 0.368. The van der Waals surface area contributed by atoms with Crippen LogP contribution < -0.4 is 10.6 Å². The number of nitrogens with zero attached hydrogens (tertiary/aromatic N) is 1. The minimum atomic E-state index is -4.27. The van der Waals surface area contributed by atoms with Crippen molar-refractivity contribution < 1.29 is 17.7 Å². The topological polar surface area (TPSA) is 95.7 Å². The van der Waals surface area contributed by atoms with E-state index in [2.05, 4.69) is 24.0 Å². The summed E-state index contributed by atoms with van der Waals surface area (Å²) in [5.74, 6) is 0. The third-order valence-electron chi connectivity index (χ3n) is 3.88. The minimum absolute atomic E-state index is 0.178. The number of likely N-dealkylation sites (N-methyl/N-ethyl adjacent to an activating group) is 1. The van der Waals surface area contributed by atoms with Crippen LogP contribution in [0.15, 0.2) is 47.4 Å². The average molecular weight is 380 g/mol. The van der Waals surface area contributed by atoms with Crippen LogP contribution in [0.1, 0.15) is 18.1 Å². The lowest BCUT2D eigenvalue weighted by Gasteiger charge is -2.23. The second-order valence-electron chi connectivity index (χ2n) is 5.88. The van der Waals surface area contributed by atoms with Crippen molar-refractivity contribution in [2.75, 3.05) is 37.4 Å². The van der Waals surface area contributed by atoms with Crippen molar-refractivity contribution in [1.82, 2.24) is 0 Å². The number of hydrogen-bond acceptors (Lipinski definition) is 6. The SMILES string of the molecule is CCN(CCOC)c1ccc(N)c(C)c1.Cc1ccc(S(=O)(=O)[O-])cc1. The monoisotopic (exact) mass is 379 g/mol. The normalized spacial score (nSPS) is 10.8. The van der Waals surface area contributed by atoms with E-state index in [0.717, 1.165) is 36.5 Å². The number of hydrogen-bond donors (Lipinski definition) is 1. The maximum Gasteiger partial charge on any atom is 0.124 e. The van der Waals surface area contributed by atoms with Crippen LogP contribution in [0.2, 0.25) is 0 Å². The first-order chi connectivity index (χ1) is 12.2. The Bertz CT molecular complexity index is 790. The molecule has 2 N–H and O–H groups in total. The van der Waals surface area contributed by atoms with Gasteiger partial charge in [-0.3, -0.25) is 0 Å². The molecule has 7 heteroatoms. The molecular formula is C19H27N2O4S-. The first-order valence-corrected chi connectivity index (χ1v) is 9.72. The van der Waals surface area contributed by atoms with Gasteiger partial charge < -0.3 is 19.9 Å². The van der Waals surface area contributed by atoms with Crippen LogP contribution in [-0.4, -0.2) is 39.8 Å². The van der Waals surface area contributed by atoms with Crippen LogP contribution >= 0.6 is 0 Å².